The van der Waals surface area contributed by atoms with E-state index in [0.717, 1.165) is 40.6 Å². The van der Waals surface area contributed by atoms with E-state index in [-0.39, 0.29) is 17.9 Å². The Morgan fingerprint density at radius 1 is 1.24 bits per heavy atom. The van der Waals surface area contributed by atoms with Crippen LogP contribution in [0.3, 0.4) is 0 Å². The molecule has 2 aromatic heterocycles. The van der Waals surface area contributed by atoms with Gasteiger partial charge >= 0.3 is 0 Å². The van der Waals surface area contributed by atoms with Gasteiger partial charge in [0.15, 0.2) is 0 Å². The quantitative estimate of drug-likeness (QED) is 0.581. The van der Waals surface area contributed by atoms with Crippen molar-refractivity contribution in [3.63, 3.8) is 0 Å². The fraction of sp³-hybridized carbons (Fsp3) is 0.458. The van der Waals surface area contributed by atoms with E-state index in [2.05, 4.69) is 25.2 Å². The maximum atomic E-state index is 13.8. The third kappa shape index (κ3) is 4.02. The van der Waals surface area contributed by atoms with Crippen molar-refractivity contribution in [2.45, 2.75) is 24.8 Å². The Bertz CT molecular complexity index is 1160. The predicted molar refractivity (Wildman–Crippen MR) is 127 cm³/mol. The molecule has 1 saturated carbocycles. The summed E-state index contributed by atoms with van der Waals surface area (Å²) in [4.78, 5) is 30.1. The summed E-state index contributed by atoms with van der Waals surface area (Å²) in [6.07, 6.45) is 6.00. The van der Waals surface area contributed by atoms with Crippen LogP contribution in [0.25, 0.3) is 11.0 Å². The molecule has 3 aliphatic rings. The molecule has 2 N–H and O–H groups in total. The van der Waals surface area contributed by atoms with Gasteiger partial charge in [-0.25, -0.2) is 9.97 Å². The number of H-pyrrole nitrogens is 1. The number of rotatable bonds is 6. The number of benzene rings is 1. The van der Waals surface area contributed by atoms with E-state index in [9.17, 15) is 4.79 Å². The van der Waals surface area contributed by atoms with Gasteiger partial charge in [0.25, 0.3) is 0 Å². The first kappa shape index (κ1) is 20.7. The number of hydrogen-bond acceptors (Lipinski definition) is 6. The third-order valence-electron chi connectivity index (χ3n) is 6.96. The maximum absolute atomic E-state index is 13.8. The molecule has 3 aromatic rings. The van der Waals surface area contributed by atoms with Crippen molar-refractivity contribution >= 4 is 34.4 Å². The van der Waals surface area contributed by atoms with E-state index < -0.39 is 0 Å². The zero-order valence-electron chi connectivity index (χ0n) is 18.3. The van der Waals surface area contributed by atoms with Gasteiger partial charge in [0, 0.05) is 37.4 Å². The molecule has 0 bridgehead atoms. The molecule has 1 aliphatic carbocycles. The van der Waals surface area contributed by atoms with Crippen LogP contribution in [0.1, 0.15) is 24.3 Å². The lowest BCUT2D eigenvalue weighted by Gasteiger charge is -2.42. The number of fused-ring (bicyclic) bond motifs is 2. The molecule has 172 valence electrons. The van der Waals surface area contributed by atoms with E-state index in [0.29, 0.717) is 37.8 Å². The summed E-state index contributed by atoms with van der Waals surface area (Å²) in [6.45, 7) is 4.07. The highest BCUT2D eigenvalue weighted by Gasteiger charge is 2.37. The molecule has 1 amide bonds. The van der Waals surface area contributed by atoms with Crippen LogP contribution >= 0.6 is 11.6 Å². The first-order valence-corrected chi connectivity index (χ1v) is 12.0. The maximum Gasteiger partial charge on any atom is 0.231 e. The monoisotopic (exact) mass is 466 g/mol. The molecule has 0 spiro atoms. The molecule has 1 aromatic carbocycles. The van der Waals surface area contributed by atoms with Crippen LogP contribution in [-0.2, 0) is 4.79 Å². The van der Waals surface area contributed by atoms with E-state index >= 15 is 0 Å². The lowest BCUT2D eigenvalue weighted by Crippen LogP contribution is -2.58. The molecule has 1 saturated heterocycles. The number of amides is 1. The second kappa shape index (κ2) is 8.50. The van der Waals surface area contributed by atoms with Crippen LogP contribution in [0.4, 0.5) is 5.82 Å². The minimum absolute atomic E-state index is 0.0403. The molecule has 33 heavy (non-hydrogen) atoms. The molecular weight excluding hydrogens is 440 g/mol. The largest absolute Gasteiger partial charge is 0.489 e. The molecule has 0 radical (unpaired) electrons. The number of nitrogens with zero attached hydrogens (tertiary/aromatic N) is 4. The molecule has 6 rings (SSSR count). The number of carbonyl (C=O) groups is 1. The van der Waals surface area contributed by atoms with Crippen LogP contribution in [-0.4, -0.2) is 71.1 Å². The van der Waals surface area contributed by atoms with Crippen LogP contribution in [0, 0.1) is 5.92 Å². The van der Waals surface area contributed by atoms with E-state index in [1.54, 1.807) is 6.33 Å². The first-order chi connectivity index (χ1) is 16.2. The Labute approximate surface area is 197 Å². The van der Waals surface area contributed by atoms with E-state index in [4.69, 9.17) is 16.3 Å². The Hall–Kier alpha value is -2.84. The van der Waals surface area contributed by atoms with Gasteiger partial charge in [-0.2, -0.15) is 0 Å². The number of carbonyl (C=O) groups excluding carboxylic acids is 1. The summed E-state index contributed by atoms with van der Waals surface area (Å²) in [6, 6.07) is 7.71. The number of anilines is 1. The SMILES string of the molecule is O=C([C@@H](CNCC1CC1)c1ccc(Cl)cc1)N1CCN2c3ncnc4[nH]cc(c34)OC[C@@H]2C1. The lowest BCUT2D eigenvalue weighted by molar-refractivity contribution is -0.133. The van der Waals surface area contributed by atoms with Gasteiger partial charge in [-0.3, -0.25) is 4.79 Å². The van der Waals surface area contributed by atoms with Crippen LogP contribution < -0.4 is 15.0 Å². The number of hydrogen-bond donors (Lipinski definition) is 2. The summed E-state index contributed by atoms with van der Waals surface area (Å²) in [7, 11) is 0. The normalized spacial score (nSPS) is 20.8. The fourth-order valence-electron chi connectivity index (χ4n) is 4.93. The van der Waals surface area contributed by atoms with Gasteiger partial charge in [-0.15, -0.1) is 0 Å². The minimum atomic E-state index is -0.237. The fourth-order valence-corrected chi connectivity index (χ4v) is 5.06. The van der Waals surface area contributed by atoms with Crippen molar-refractivity contribution in [2.24, 2.45) is 5.92 Å². The Morgan fingerprint density at radius 3 is 2.91 bits per heavy atom. The molecule has 0 unspecified atom stereocenters. The van der Waals surface area contributed by atoms with Gasteiger partial charge in [0.1, 0.15) is 35.5 Å². The third-order valence-corrected chi connectivity index (χ3v) is 7.21. The Morgan fingerprint density at radius 2 is 2.09 bits per heavy atom. The highest BCUT2D eigenvalue weighted by atomic mass is 35.5. The van der Waals surface area contributed by atoms with Gasteiger partial charge in [-0.1, -0.05) is 23.7 Å². The molecule has 2 fully saturated rings. The van der Waals surface area contributed by atoms with Crippen molar-refractivity contribution in [1.29, 1.82) is 0 Å². The van der Waals surface area contributed by atoms with Crippen molar-refractivity contribution in [3.8, 4) is 5.75 Å². The summed E-state index contributed by atoms with van der Waals surface area (Å²) >= 11 is 6.11. The number of aromatic amines is 1. The standard InChI is InChI=1S/C24H27ClN6O2/c25-17-5-3-16(4-6-17)19(10-26-9-15-1-2-15)24(32)30-7-8-31-18(12-30)13-33-20-11-27-22-21(20)23(31)29-14-28-22/h3-6,11,14-15,18-19,26H,1-2,7-10,12-13H2,(H,27,28,29)/t18-,19-/m0/s1. The summed E-state index contributed by atoms with van der Waals surface area (Å²) in [5.41, 5.74) is 1.78. The summed E-state index contributed by atoms with van der Waals surface area (Å²) in [5, 5.41) is 5.13. The van der Waals surface area contributed by atoms with Crippen LogP contribution in [0.2, 0.25) is 5.02 Å². The smallest absolute Gasteiger partial charge is 0.231 e. The molecule has 2 atom stereocenters. The zero-order valence-corrected chi connectivity index (χ0v) is 19.1. The van der Waals surface area contributed by atoms with Gasteiger partial charge < -0.3 is 24.8 Å². The average molecular weight is 467 g/mol. The van der Waals surface area contributed by atoms with E-state index in [1.807, 2.05) is 35.4 Å². The van der Waals surface area contributed by atoms with E-state index in [1.165, 1.54) is 12.8 Å². The number of halogens is 1. The molecule has 8 nitrogen and oxygen atoms in total. The number of aromatic nitrogens is 3. The van der Waals surface area contributed by atoms with Gasteiger partial charge in [-0.05, 0) is 43.0 Å². The minimum Gasteiger partial charge on any atom is -0.489 e. The van der Waals surface area contributed by atoms with Crippen molar-refractivity contribution < 1.29 is 9.53 Å². The highest BCUT2D eigenvalue weighted by Crippen LogP contribution is 2.36. The van der Waals surface area contributed by atoms with Gasteiger partial charge in [0.05, 0.1) is 12.0 Å². The van der Waals surface area contributed by atoms with Gasteiger partial charge in [0.2, 0.25) is 5.91 Å². The zero-order chi connectivity index (χ0) is 22.4. The summed E-state index contributed by atoms with van der Waals surface area (Å²) in [5.74, 6) is 2.33. The Kier molecular flexibility index (Phi) is 5.34. The second-order valence-electron chi connectivity index (χ2n) is 9.22. The second-order valence-corrected chi connectivity index (χ2v) is 9.66. The topological polar surface area (TPSA) is 86.4 Å². The number of nitrogens with one attached hydrogen (secondary N) is 2. The molecular formula is C24H27ClN6O2. The Balaban J connectivity index is 1.21. The molecule has 9 heteroatoms. The van der Waals surface area contributed by atoms with Crippen LogP contribution in [0.15, 0.2) is 36.8 Å². The average Bonchev–Trinajstić information content (AvgIpc) is 3.60. The number of ether oxygens (including phenoxy) is 1. The summed E-state index contributed by atoms with van der Waals surface area (Å²) < 4.78 is 6.10. The first-order valence-electron chi connectivity index (χ1n) is 11.6. The van der Waals surface area contributed by atoms with Crippen molar-refractivity contribution in [1.82, 2.24) is 25.2 Å². The lowest BCUT2D eigenvalue weighted by atomic mass is 9.96. The molecule has 2 aliphatic heterocycles. The predicted octanol–water partition coefficient (Wildman–Crippen LogP) is 2.80. The van der Waals surface area contributed by atoms with Crippen LogP contribution in [0.5, 0.6) is 5.75 Å². The van der Waals surface area contributed by atoms with Crippen molar-refractivity contribution in [2.75, 3.05) is 44.2 Å². The highest BCUT2D eigenvalue weighted by molar-refractivity contribution is 6.30. The van der Waals surface area contributed by atoms with Crippen molar-refractivity contribution in [3.05, 3.63) is 47.4 Å². The molecule has 4 heterocycles. The number of piperazine rings is 1.